The normalized spacial score (nSPS) is 33.5. The molecule has 0 bridgehead atoms. The van der Waals surface area contributed by atoms with Crippen molar-refractivity contribution in [1.29, 1.82) is 0 Å². The number of rotatable bonds is 1. The highest BCUT2D eigenvalue weighted by Gasteiger charge is 2.58. The lowest BCUT2D eigenvalue weighted by atomic mass is 10.1. The van der Waals surface area contributed by atoms with Gasteiger partial charge >= 0.3 is 0 Å². The van der Waals surface area contributed by atoms with Gasteiger partial charge in [0.2, 0.25) is 0 Å². The topological polar surface area (TPSA) is 12.2 Å². The SMILES string of the molecule is C#Cc1ccc(C23CN2CCO3)cc1. The monoisotopic (exact) mass is 185 g/mol. The highest BCUT2D eigenvalue weighted by molar-refractivity contribution is 5.38. The lowest BCUT2D eigenvalue weighted by Gasteiger charge is -2.10. The Bertz CT molecular complexity index is 403. The average molecular weight is 185 g/mol. The molecule has 0 spiro atoms. The van der Waals surface area contributed by atoms with Crippen molar-refractivity contribution < 1.29 is 4.74 Å². The third-order valence-corrected chi connectivity index (χ3v) is 3.02. The minimum absolute atomic E-state index is 0.0902. The zero-order chi connectivity index (χ0) is 9.60. The summed E-state index contributed by atoms with van der Waals surface area (Å²) in [5.41, 5.74) is 2.07. The molecule has 0 radical (unpaired) electrons. The van der Waals surface area contributed by atoms with E-state index < -0.39 is 0 Å². The van der Waals surface area contributed by atoms with Gasteiger partial charge in [0, 0.05) is 24.2 Å². The maximum absolute atomic E-state index is 5.75. The zero-order valence-corrected chi connectivity index (χ0v) is 7.86. The molecular weight excluding hydrogens is 174 g/mol. The first kappa shape index (κ1) is 8.05. The Labute approximate surface area is 83.5 Å². The van der Waals surface area contributed by atoms with Gasteiger partial charge in [-0.15, -0.1) is 6.42 Å². The fraction of sp³-hybridized carbons (Fsp3) is 0.333. The fourth-order valence-corrected chi connectivity index (χ4v) is 2.13. The Kier molecular flexibility index (Phi) is 1.49. The molecule has 2 heteroatoms. The molecule has 70 valence electrons. The van der Waals surface area contributed by atoms with Crippen LogP contribution in [-0.2, 0) is 10.5 Å². The lowest BCUT2D eigenvalue weighted by Crippen LogP contribution is -2.11. The minimum atomic E-state index is -0.0902. The van der Waals surface area contributed by atoms with Crippen LogP contribution < -0.4 is 0 Å². The van der Waals surface area contributed by atoms with Gasteiger partial charge in [-0.3, -0.25) is 4.90 Å². The third-order valence-electron chi connectivity index (χ3n) is 3.02. The van der Waals surface area contributed by atoms with Gasteiger partial charge < -0.3 is 4.74 Å². The molecule has 14 heavy (non-hydrogen) atoms. The van der Waals surface area contributed by atoms with Crippen LogP contribution in [0, 0.1) is 12.3 Å². The molecule has 1 aromatic carbocycles. The molecule has 3 rings (SSSR count). The minimum Gasteiger partial charge on any atom is -0.353 e. The summed E-state index contributed by atoms with van der Waals surface area (Å²) in [6.07, 6.45) is 5.31. The highest BCUT2D eigenvalue weighted by Crippen LogP contribution is 2.46. The number of hydrogen-bond acceptors (Lipinski definition) is 2. The van der Waals surface area contributed by atoms with Crippen LogP contribution in [0.3, 0.4) is 0 Å². The predicted molar refractivity (Wildman–Crippen MR) is 53.6 cm³/mol. The Balaban J connectivity index is 1.95. The summed E-state index contributed by atoms with van der Waals surface area (Å²) in [4.78, 5) is 2.33. The molecule has 0 amide bonds. The average Bonchev–Trinajstić information content (AvgIpc) is 2.82. The van der Waals surface area contributed by atoms with Crippen LogP contribution in [0.15, 0.2) is 24.3 Å². The largest absolute Gasteiger partial charge is 0.353 e. The zero-order valence-electron chi connectivity index (χ0n) is 7.86. The van der Waals surface area contributed by atoms with E-state index in [-0.39, 0.29) is 5.72 Å². The summed E-state index contributed by atoms with van der Waals surface area (Å²) < 4.78 is 5.75. The van der Waals surface area contributed by atoms with E-state index in [1.807, 2.05) is 12.1 Å². The summed E-state index contributed by atoms with van der Waals surface area (Å²) in [6.45, 7) is 2.93. The van der Waals surface area contributed by atoms with Crippen molar-refractivity contribution in [1.82, 2.24) is 4.90 Å². The van der Waals surface area contributed by atoms with Crippen molar-refractivity contribution in [3.8, 4) is 12.3 Å². The first-order chi connectivity index (χ1) is 6.85. The molecule has 2 unspecified atom stereocenters. The number of terminal acetylenes is 1. The second-order valence-electron chi connectivity index (χ2n) is 3.78. The number of benzene rings is 1. The van der Waals surface area contributed by atoms with E-state index in [0.717, 1.165) is 25.3 Å². The van der Waals surface area contributed by atoms with E-state index in [1.54, 1.807) is 0 Å². The van der Waals surface area contributed by atoms with Crippen LogP contribution in [0.5, 0.6) is 0 Å². The molecule has 2 heterocycles. The molecule has 0 N–H and O–H groups in total. The van der Waals surface area contributed by atoms with Crippen LogP contribution in [0.1, 0.15) is 11.1 Å². The molecule has 2 aliphatic heterocycles. The second-order valence-corrected chi connectivity index (χ2v) is 3.78. The smallest absolute Gasteiger partial charge is 0.160 e. The molecular formula is C12H11NO. The van der Waals surface area contributed by atoms with Gasteiger partial charge in [0.25, 0.3) is 0 Å². The van der Waals surface area contributed by atoms with E-state index in [2.05, 4.69) is 23.0 Å². The lowest BCUT2D eigenvalue weighted by molar-refractivity contribution is 0.0588. The number of ether oxygens (including phenoxy) is 1. The first-order valence-corrected chi connectivity index (χ1v) is 4.81. The van der Waals surface area contributed by atoms with Crippen LogP contribution in [0.2, 0.25) is 0 Å². The van der Waals surface area contributed by atoms with Gasteiger partial charge in [-0.1, -0.05) is 18.1 Å². The highest BCUT2D eigenvalue weighted by atomic mass is 16.5. The van der Waals surface area contributed by atoms with Crippen molar-refractivity contribution in [3.63, 3.8) is 0 Å². The fourth-order valence-electron chi connectivity index (χ4n) is 2.13. The third kappa shape index (κ3) is 0.942. The predicted octanol–water partition coefficient (Wildman–Crippen LogP) is 1.17. The molecule has 2 aliphatic rings. The Morgan fingerprint density at radius 3 is 2.64 bits per heavy atom. The van der Waals surface area contributed by atoms with Gasteiger partial charge in [-0.25, -0.2) is 0 Å². The summed E-state index contributed by atoms with van der Waals surface area (Å²) in [5.74, 6) is 2.62. The van der Waals surface area contributed by atoms with Crippen molar-refractivity contribution in [2.24, 2.45) is 0 Å². The molecule has 0 aromatic heterocycles. The van der Waals surface area contributed by atoms with E-state index in [9.17, 15) is 0 Å². The Hall–Kier alpha value is -1.30. The molecule has 0 aliphatic carbocycles. The standard InChI is InChI=1S/C12H11NO/c1-2-10-3-5-11(6-4-10)12-9-13(12)7-8-14-12/h1,3-6H,7-9H2. The summed E-state index contributed by atoms with van der Waals surface area (Å²) in [6, 6.07) is 8.09. The first-order valence-electron chi connectivity index (χ1n) is 4.81. The maximum atomic E-state index is 5.75. The summed E-state index contributed by atoms with van der Waals surface area (Å²) in [5, 5.41) is 0. The molecule has 2 saturated heterocycles. The number of nitrogens with zero attached hydrogens (tertiary/aromatic N) is 1. The van der Waals surface area contributed by atoms with E-state index in [0.29, 0.717) is 0 Å². The van der Waals surface area contributed by atoms with Gasteiger partial charge in [0.1, 0.15) is 0 Å². The van der Waals surface area contributed by atoms with Crippen LogP contribution in [-0.4, -0.2) is 24.6 Å². The molecule has 1 aromatic rings. The van der Waals surface area contributed by atoms with Gasteiger partial charge in [0.15, 0.2) is 5.72 Å². The number of morpholine rings is 1. The molecule has 0 saturated carbocycles. The second kappa shape index (κ2) is 2.60. The van der Waals surface area contributed by atoms with E-state index in [4.69, 9.17) is 11.2 Å². The molecule has 2 atom stereocenters. The van der Waals surface area contributed by atoms with Crippen molar-refractivity contribution in [3.05, 3.63) is 35.4 Å². The van der Waals surface area contributed by atoms with Gasteiger partial charge in [0.05, 0.1) is 6.61 Å². The van der Waals surface area contributed by atoms with Gasteiger partial charge in [-0.2, -0.15) is 0 Å². The van der Waals surface area contributed by atoms with Crippen LogP contribution >= 0.6 is 0 Å². The van der Waals surface area contributed by atoms with E-state index >= 15 is 0 Å². The van der Waals surface area contributed by atoms with Crippen molar-refractivity contribution in [2.75, 3.05) is 19.7 Å². The molecule has 2 fully saturated rings. The van der Waals surface area contributed by atoms with Crippen LogP contribution in [0.4, 0.5) is 0 Å². The van der Waals surface area contributed by atoms with Gasteiger partial charge in [-0.05, 0) is 12.1 Å². The Morgan fingerprint density at radius 1 is 1.36 bits per heavy atom. The Morgan fingerprint density at radius 2 is 2.14 bits per heavy atom. The van der Waals surface area contributed by atoms with Crippen molar-refractivity contribution >= 4 is 0 Å². The number of hydrogen-bond donors (Lipinski definition) is 0. The van der Waals surface area contributed by atoms with Crippen molar-refractivity contribution in [2.45, 2.75) is 5.72 Å². The number of fused-ring (bicyclic) bond motifs is 1. The quantitative estimate of drug-likeness (QED) is 0.481. The van der Waals surface area contributed by atoms with E-state index in [1.165, 1.54) is 5.56 Å². The van der Waals surface area contributed by atoms with Crippen LogP contribution in [0.25, 0.3) is 0 Å². The maximum Gasteiger partial charge on any atom is 0.160 e. The summed E-state index contributed by atoms with van der Waals surface area (Å²) >= 11 is 0. The summed E-state index contributed by atoms with van der Waals surface area (Å²) in [7, 11) is 0. The molecule has 2 nitrogen and oxygen atoms in total.